The van der Waals surface area contributed by atoms with Gasteiger partial charge in [0, 0.05) is 5.54 Å². The first-order chi connectivity index (χ1) is 9.38. The molecule has 5 heteroatoms. The van der Waals surface area contributed by atoms with E-state index < -0.39 is 11.6 Å². The van der Waals surface area contributed by atoms with E-state index in [1.807, 2.05) is 51.1 Å². The van der Waals surface area contributed by atoms with Gasteiger partial charge in [0.1, 0.15) is 5.82 Å². The Balaban J connectivity index is 2.19. The fourth-order valence-corrected chi connectivity index (χ4v) is 1.95. The summed E-state index contributed by atoms with van der Waals surface area (Å²) >= 11 is 0. The fourth-order valence-electron chi connectivity index (χ4n) is 1.95. The maximum Gasteiger partial charge on any atom is 0.408 e. The molecule has 0 bridgehead atoms. The molecule has 1 amide bonds. The first-order valence-corrected chi connectivity index (χ1v) is 6.48. The van der Waals surface area contributed by atoms with E-state index in [0.29, 0.717) is 5.82 Å². The monoisotopic (exact) mass is 273 g/mol. The number of H-pyrrole nitrogens is 1. The van der Waals surface area contributed by atoms with Crippen LogP contribution in [0.1, 0.15) is 26.6 Å². The molecule has 2 rings (SSSR count). The molecule has 1 aromatic carbocycles. The number of amides is 1. The molecule has 106 valence electrons. The summed E-state index contributed by atoms with van der Waals surface area (Å²) in [6.45, 7) is 5.83. The summed E-state index contributed by atoms with van der Waals surface area (Å²) in [7, 11) is 0. The summed E-state index contributed by atoms with van der Waals surface area (Å²) in [5.74, 6) is 0.640. The standard InChI is InChI=1S/C15H19N3O2/c1-15(2,3)18(14(19)20)10-13-16-9-12(17-13)11-7-5-4-6-8-11/h4-9H,10H2,1-3H3,(H,16,17)(H,19,20). The van der Waals surface area contributed by atoms with E-state index in [1.165, 1.54) is 4.90 Å². The van der Waals surface area contributed by atoms with Crippen molar-refractivity contribution in [2.24, 2.45) is 0 Å². The minimum atomic E-state index is -0.949. The molecule has 0 unspecified atom stereocenters. The lowest BCUT2D eigenvalue weighted by Gasteiger charge is -2.32. The lowest BCUT2D eigenvalue weighted by atomic mass is 10.1. The van der Waals surface area contributed by atoms with Crippen molar-refractivity contribution < 1.29 is 9.90 Å². The van der Waals surface area contributed by atoms with Gasteiger partial charge in [0.05, 0.1) is 18.4 Å². The van der Waals surface area contributed by atoms with Crippen LogP contribution in [-0.2, 0) is 6.54 Å². The minimum Gasteiger partial charge on any atom is -0.465 e. The molecule has 2 aromatic rings. The van der Waals surface area contributed by atoms with E-state index in [2.05, 4.69) is 9.97 Å². The number of benzene rings is 1. The number of carbonyl (C=O) groups is 1. The second-order valence-electron chi connectivity index (χ2n) is 5.65. The smallest absolute Gasteiger partial charge is 0.408 e. The minimum absolute atomic E-state index is 0.242. The highest BCUT2D eigenvalue weighted by Gasteiger charge is 2.26. The fraction of sp³-hybridized carbons (Fsp3) is 0.333. The molecule has 20 heavy (non-hydrogen) atoms. The summed E-state index contributed by atoms with van der Waals surface area (Å²) in [5.41, 5.74) is 1.45. The van der Waals surface area contributed by atoms with Crippen LogP contribution in [-0.4, -0.2) is 31.6 Å². The molecule has 0 aliphatic heterocycles. The molecule has 0 saturated carbocycles. The molecule has 5 nitrogen and oxygen atoms in total. The van der Waals surface area contributed by atoms with Crippen LogP contribution >= 0.6 is 0 Å². The van der Waals surface area contributed by atoms with Gasteiger partial charge in [-0.25, -0.2) is 9.78 Å². The first kappa shape index (κ1) is 14.1. The summed E-state index contributed by atoms with van der Waals surface area (Å²) in [6.07, 6.45) is 0.781. The van der Waals surface area contributed by atoms with Crippen LogP contribution in [0.4, 0.5) is 4.79 Å². The predicted octanol–water partition coefficient (Wildman–Crippen LogP) is 3.36. The SMILES string of the molecule is CC(C)(C)N(Cc1ncc(-c2ccccc2)[nH]1)C(=O)O. The molecule has 1 aromatic heterocycles. The van der Waals surface area contributed by atoms with Crippen molar-refractivity contribution >= 4 is 6.09 Å². The van der Waals surface area contributed by atoms with E-state index in [1.54, 1.807) is 6.20 Å². The Hall–Kier alpha value is -2.30. The van der Waals surface area contributed by atoms with Crippen molar-refractivity contribution in [3.05, 3.63) is 42.4 Å². The van der Waals surface area contributed by atoms with Gasteiger partial charge in [0.25, 0.3) is 0 Å². The molecule has 0 aliphatic carbocycles. The maximum absolute atomic E-state index is 11.3. The van der Waals surface area contributed by atoms with E-state index in [0.717, 1.165) is 11.3 Å². The van der Waals surface area contributed by atoms with Gasteiger partial charge in [-0.1, -0.05) is 30.3 Å². The van der Waals surface area contributed by atoms with Crippen LogP contribution in [0, 0.1) is 0 Å². The van der Waals surface area contributed by atoms with Crippen molar-refractivity contribution in [1.29, 1.82) is 0 Å². The number of imidazole rings is 1. The molecule has 0 radical (unpaired) electrons. The normalized spacial score (nSPS) is 11.3. The average molecular weight is 273 g/mol. The zero-order valence-electron chi connectivity index (χ0n) is 11.9. The summed E-state index contributed by atoms with van der Waals surface area (Å²) < 4.78 is 0. The van der Waals surface area contributed by atoms with Crippen LogP contribution in [0.15, 0.2) is 36.5 Å². The van der Waals surface area contributed by atoms with Crippen molar-refractivity contribution in [3.63, 3.8) is 0 Å². The van der Waals surface area contributed by atoms with Crippen molar-refractivity contribution in [1.82, 2.24) is 14.9 Å². The van der Waals surface area contributed by atoms with Crippen molar-refractivity contribution in [3.8, 4) is 11.3 Å². The van der Waals surface area contributed by atoms with Crippen LogP contribution < -0.4 is 0 Å². The van der Waals surface area contributed by atoms with Crippen LogP contribution in [0.2, 0.25) is 0 Å². The Morgan fingerprint density at radius 1 is 1.30 bits per heavy atom. The molecule has 0 fully saturated rings. The van der Waals surface area contributed by atoms with Gasteiger partial charge in [0.15, 0.2) is 0 Å². The van der Waals surface area contributed by atoms with Gasteiger partial charge in [-0.2, -0.15) is 0 Å². The summed E-state index contributed by atoms with van der Waals surface area (Å²) in [6, 6.07) is 9.82. The molecule has 0 atom stereocenters. The van der Waals surface area contributed by atoms with Gasteiger partial charge >= 0.3 is 6.09 Å². The lowest BCUT2D eigenvalue weighted by Crippen LogP contribution is -2.44. The molecule has 0 aliphatic rings. The number of aromatic nitrogens is 2. The number of carboxylic acid groups (broad SMARTS) is 1. The van der Waals surface area contributed by atoms with Gasteiger partial charge < -0.3 is 10.1 Å². The topological polar surface area (TPSA) is 69.2 Å². The average Bonchev–Trinajstić information content (AvgIpc) is 2.84. The quantitative estimate of drug-likeness (QED) is 0.901. The Bertz CT molecular complexity index is 585. The Labute approximate surface area is 118 Å². The van der Waals surface area contributed by atoms with Gasteiger partial charge in [-0.15, -0.1) is 0 Å². The Morgan fingerprint density at radius 3 is 2.50 bits per heavy atom. The molecule has 0 spiro atoms. The number of nitrogens with zero attached hydrogens (tertiary/aromatic N) is 2. The van der Waals surface area contributed by atoms with Crippen molar-refractivity contribution in [2.75, 3.05) is 0 Å². The third kappa shape index (κ3) is 3.17. The highest BCUT2D eigenvalue weighted by atomic mass is 16.4. The van der Waals surface area contributed by atoms with Gasteiger partial charge in [-0.05, 0) is 26.3 Å². The second-order valence-corrected chi connectivity index (χ2v) is 5.65. The largest absolute Gasteiger partial charge is 0.465 e. The van der Waals surface area contributed by atoms with Gasteiger partial charge in [0.2, 0.25) is 0 Å². The summed E-state index contributed by atoms with van der Waals surface area (Å²) in [5, 5.41) is 9.28. The third-order valence-electron chi connectivity index (χ3n) is 3.06. The molecule has 0 saturated heterocycles. The molecular weight excluding hydrogens is 254 g/mol. The highest BCUT2D eigenvalue weighted by molar-refractivity contribution is 5.66. The lowest BCUT2D eigenvalue weighted by molar-refractivity contribution is 0.0939. The molecule has 1 heterocycles. The van der Waals surface area contributed by atoms with E-state index in [4.69, 9.17) is 0 Å². The number of hydrogen-bond donors (Lipinski definition) is 2. The zero-order chi connectivity index (χ0) is 14.8. The Kier molecular flexibility index (Phi) is 3.79. The van der Waals surface area contributed by atoms with Crippen LogP contribution in [0.5, 0.6) is 0 Å². The zero-order valence-corrected chi connectivity index (χ0v) is 11.9. The van der Waals surface area contributed by atoms with E-state index in [9.17, 15) is 9.90 Å². The number of nitrogens with one attached hydrogen (secondary N) is 1. The molecular formula is C15H19N3O2. The van der Waals surface area contributed by atoms with Gasteiger partial charge in [-0.3, -0.25) is 4.90 Å². The van der Waals surface area contributed by atoms with E-state index in [-0.39, 0.29) is 6.54 Å². The first-order valence-electron chi connectivity index (χ1n) is 6.48. The summed E-state index contributed by atoms with van der Waals surface area (Å²) in [4.78, 5) is 20.1. The highest BCUT2D eigenvalue weighted by Crippen LogP contribution is 2.19. The number of rotatable bonds is 3. The Morgan fingerprint density at radius 2 is 1.95 bits per heavy atom. The number of hydrogen-bond acceptors (Lipinski definition) is 2. The predicted molar refractivity (Wildman–Crippen MR) is 77.3 cm³/mol. The van der Waals surface area contributed by atoms with Crippen LogP contribution in [0.3, 0.4) is 0 Å². The van der Waals surface area contributed by atoms with Crippen LogP contribution in [0.25, 0.3) is 11.3 Å². The molecule has 2 N–H and O–H groups in total. The second kappa shape index (κ2) is 5.36. The third-order valence-corrected chi connectivity index (χ3v) is 3.06. The van der Waals surface area contributed by atoms with E-state index >= 15 is 0 Å². The number of aromatic amines is 1. The van der Waals surface area contributed by atoms with Crippen molar-refractivity contribution in [2.45, 2.75) is 32.9 Å². The maximum atomic E-state index is 11.3.